The van der Waals surface area contributed by atoms with Crippen LogP contribution in [0.1, 0.15) is 59.3 Å². The zero-order valence-corrected chi connectivity index (χ0v) is 12.5. The van der Waals surface area contributed by atoms with Crippen LogP contribution >= 0.6 is 0 Å². The molecule has 1 heterocycles. The minimum atomic E-state index is -0.0975. The third-order valence-corrected chi connectivity index (χ3v) is 3.33. The number of hydrogen-bond donors (Lipinski definition) is 0. The minimum Gasteiger partial charge on any atom is -0.465 e. The van der Waals surface area contributed by atoms with Crippen LogP contribution in [0.4, 0.5) is 0 Å². The second kappa shape index (κ2) is 8.22. The Kier molecular flexibility index (Phi) is 6.94. The summed E-state index contributed by atoms with van der Waals surface area (Å²) in [6, 6.07) is 0. The van der Waals surface area contributed by atoms with Gasteiger partial charge in [0.1, 0.15) is 6.61 Å². The maximum atomic E-state index is 11.6. The van der Waals surface area contributed by atoms with Crippen LogP contribution in [0, 0.1) is 17.8 Å². The van der Waals surface area contributed by atoms with Crippen LogP contribution in [0.3, 0.4) is 0 Å². The van der Waals surface area contributed by atoms with Crippen LogP contribution in [-0.4, -0.2) is 24.8 Å². The summed E-state index contributed by atoms with van der Waals surface area (Å²) in [5.74, 6) is 6.33. The van der Waals surface area contributed by atoms with Crippen molar-refractivity contribution in [3.63, 3.8) is 0 Å². The maximum Gasteiger partial charge on any atom is 0.306 e. The fraction of sp³-hybridized carbons (Fsp3) is 0.812. The standard InChI is InChI=1S/C16H26O3/c1-14-9-8-10-16(2,3)19-12-7-5-4-6-11-18-15(17)13-14/h14H,6-13H2,1-3H3. The van der Waals surface area contributed by atoms with Crippen LogP contribution in [0.15, 0.2) is 0 Å². The summed E-state index contributed by atoms with van der Waals surface area (Å²) in [6.07, 6.45) is 5.00. The molecule has 19 heavy (non-hydrogen) atoms. The Labute approximate surface area is 117 Å². The molecular weight excluding hydrogens is 240 g/mol. The van der Waals surface area contributed by atoms with Crippen molar-refractivity contribution in [3.8, 4) is 11.8 Å². The van der Waals surface area contributed by atoms with E-state index in [1.54, 1.807) is 0 Å². The number of cyclic esters (lactones) is 1. The smallest absolute Gasteiger partial charge is 0.306 e. The first kappa shape index (κ1) is 16.0. The van der Waals surface area contributed by atoms with E-state index in [4.69, 9.17) is 9.47 Å². The second-order valence-electron chi connectivity index (χ2n) is 5.88. The highest BCUT2D eigenvalue weighted by Gasteiger charge is 2.19. The summed E-state index contributed by atoms with van der Waals surface area (Å²) in [5, 5.41) is 0. The quantitative estimate of drug-likeness (QED) is 0.498. The average Bonchev–Trinajstić information content (AvgIpc) is 2.31. The lowest BCUT2D eigenvalue weighted by atomic mass is 9.95. The molecule has 1 aliphatic heterocycles. The summed E-state index contributed by atoms with van der Waals surface area (Å²) in [5.41, 5.74) is -0.0952. The van der Waals surface area contributed by atoms with Gasteiger partial charge >= 0.3 is 5.97 Å². The normalized spacial score (nSPS) is 26.3. The molecule has 0 fully saturated rings. The summed E-state index contributed by atoms with van der Waals surface area (Å²) in [7, 11) is 0. The predicted molar refractivity (Wildman–Crippen MR) is 75.6 cm³/mol. The van der Waals surface area contributed by atoms with E-state index in [2.05, 4.69) is 32.6 Å². The third kappa shape index (κ3) is 7.89. The molecule has 0 amide bonds. The second-order valence-corrected chi connectivity index (χ2v) is 5.88. The predicted octanol–water partition coefficient (Wildman–Crippen LogP) is 3.32. The molecule has 1 unspecified atom stereocenters. The van der Waals surface area contributed by atoms with Gasteiger partial charge in [0.2, 0.25) is 0 Å². The van der Waals surface area contributed by atoms with E-state index in [1.807, 2.05) is 0 Å². The van der Waals surface area contributed by atoms with Crippen LogP contribution < -0.4 is 0 Å². The van der Waals surface area contributed by atoms with Gasteiger partial charge in [0.05, 0.1) is 12.2 Å². The fourth-order valence-corrected chi connectivity index (χ4v) is 2.16. The average molecular weight is 266 g/mol. The molecule has 1 atom stereocenters. The van der Waals surface area contributed by atoms with Crippen molar-refractivity contribution in [1.29, 1.82) is 0 Å². The first-order valence-electron chi connectivity index (χ1n) is 7.25. The van der Waals surface area contributed by atoms with Crippen LogP contribution in [0.5, 0.6) is 0 Å². The molecule has 3 nitrogen and oxygen atoms in total. The summed E-state index contributed by atoms with van der Waals surface area (Å²) >= 11 is 0. The van der Waals surface area contributed by atoms with Gasteiger partial charge in [-0.05, 0) is 26.2 Å². The molecule has 0 spiro atoms. The number of carbonyl (C=O) groups is 1. The largest absolute Gasteiger partial charge is 0.465 e. The number of rotatable bonds is 0. The number of esters is 1. The Morgan fingerprint density at radius 3 is 2.63 bits per heavy atom. The highest BCUT2D eigenvalue weighted by atomic mass is 16.5. The lowest BCUT2D eigenvalue weighted by Gasteiger charge is -2.25. The molecule has 0 saturated carbocycles. The summed E-state index contributed by atoms with van der Waals surface area (Å²) in [6.45, 7) is 7.43. The summed E-state index contributed by atoms with van der Waals surface area (Å²) < 4.78 is 11.0. The topological polar surface area (TPSA) is 35.5 Å². The fourth-order valence-electron chi connectivity index (χ4n) is 2.16. The lowest BCUT2D eigenvalue weighted by Crippen LogP contribution is -2.25. The van der Waals surface area contributed by atoms with E-state index in [1.165, 1.54) is 0 Å². The monoisotopic (exact) mass is 266 g/mol. The van der Waals surface area contributed by atoms with E-state index >= 15 is 0 Å². The Bertz CT molecular complexity index is 336. The van der Waals surface area contributed by atoms with E-state index in [0.717, 1.165) is 25.7 Å². The molecule has 108 valence electrons. The molecule has 0 aromatic rings. The van der Waals surface area contributed by atoms with Crippen LogP contribution in [-0.2, 0) is 14.3 Å². The Morgan fingerprint density at radius 1 is 1.21 bits per heavy atom. The highest BCUT2D eigenvalue weighted by Crippen LogP contribution is 2.21. The minimum absolute atomic E-state index is 0.0952. The van der Waals surface area contributed by atoms with Crippen molar-refractivity contribution in [3.05, 3.63) is 0 Å². The molecule has 0 N–H and O–H groups in total. The molecule has 3 heteroatoms. The summed E-state index contributed by atoms with van der Waals surface area (Å²) in [4.78, 5) is 11.6. The Morgan fingerprint density at radius 2 is 1.89 bits per heavy atom. The van der Waals surface area contributed by atoms with E-state index in [-0.39, 0.29) is 11.6 Å². The first-order valence-corrected chi connectivity index (χ1v) is 7.25. The van der Waals surface area contributed by atoms with Gasteiger partial charge in [0, 0.05) is 19.3 Å². The van der Waals surface area contributed by atoms with Gasteiger partial charge in [0.25, 0.3) is 0 Å². The van der Waals surface area contributed by atoms with Crippen molar-refractivity contribution in [1.82, 2.24) is 0 Å². The first-order chi connectivity index (χ1) is 8.99. The molecule has 0 aliphatic carbocycles. The number of ether oxygens (including phenoxy) is 2. The molecule has 0 aromatic heterocycles. The number of hydrogen-bond acceptors (Lipinski definition) is 3. The number of carbonyl (C=O) groups excluding carboxylic acids is 1. The maximum absolute atomic E-state index is 11.6. The molecule has 1 aliphatic rings. The van der Waals surface area contributed by atoms with Gasteiger partial charge in [-0.2, -0.15) is 0 Å². The SMILES string of the molecule is CC1CCCC(C)(C)OCCC#CCCOC(=O)C1. The third-order valence-electron chi connectivity index (χ3n) is 3.33. The molecule has 0 bridgehead atoms. The van der Waals surface area contributed by atoms with Crippen LogP contribution in [0.25, 0.3) is 0 Å². The van der Waals surface area contributed by atoms with Gasteiger partial charge in [-0.1, -0.05) is 25.7 Å². The van der Waals surface area contributed by atoms with Crippen molar-refractivity contribution >= 4 is 5.97 Å². The zero-order chi connectivity index (χ0) is 14.1. The highest BCUT2D eigenvalue weighted by molar-refractivity contribution is 5.69. The molecule has 1 rings (SSSR count). The van der Waals surface area contributed by atoms with E-state index < -0.39 is 0 Å². The molecular formula is C16H26O3. The van der Waals surface area contributed by atoms with Gasteiger partial charge < -0.3 is 9.47 Å². The Balaban J connectivity index is 2.50. The molecule has 0 saturated heterocycles. The van der Waals surface area contributed by atoms with Crippen molar-refractivity contribution in [2.75, 3.05) is 13.2 Å². The van der Waals surface area contributed by atoms with Crippen molar-refractivity contribution in [2.24, 2.45) is 5.92 Å². The van der Waals surface area contributed by atoms with Crippen LogP contribution in [0.2, 0.25) is 0 Å². The zero-order valence-electron chi connectivity index (χ0n) is 12.5. The van der Waals surface area contributed by atoms with Gasteiger partial charge in [-0.25, -0.2) is 0 Å². The lowest BCUT2D eigenvalue weighted by molar-refractivity contribution is -0.144. The molecule has 0 radical (unpaired) electrons. The van der Waals surface area contributed by atoms with E-state index in [9.17, 15) is 4.79 Å². The van der Waals surface area contributed by atoms with Crippen molar-refractivity contribution < 1.29 is 14.3 Å². The van der Waals surface area contributed by atoms with Gasteiger partial charge in [-0.15, -0.1) is 5.92 Å². The van der Waals surface area contributed by atoms with E-state index in [0.29, 0.717) is 32.0 Å². The van der Waals surface area contributed by atoms with Gasteiger partial charge in [-0.3, -0.25) is 4.79 Å². The van der Waals surface area contributed by atoms with Crippen molar-refractivity contribution in [2.45, 2.75) is 64.9 Å². The Hall–Kier alpha value is -1.01. The molecule has 0 aromatic carbocycles. The van der Waals surface area contributed by atoms with Gasteiger partial charge in [0.15, 0.2) is 0 Å².